The van der Waals surface area contributed by atoms with Crippen LogP contribution in [0.2, 0.25) is 0 Å². The van der Waals surface area contributed by atoms with Crippen LogP contribution in [0.25, 0.3) is 0 Å². The molecule has 1 aliphatic heterocycles. The van der Waals surface area contributed by atoms with Crippen molar-refractivity contribution in [1.29, 1.82) is 0 Å². The van der Waals surface area contributed by atoms with E-state index in [0.29, 0.717) is 17.9 Å². The fourth-order valence-electron chi connectivity index (χ4n) is 4.37. The highest BCUT2D eigenvalue weighted by Crippen LogP contribution is 2.42. The third-order valence-electron chi connectivity index (χ3n) is 6.22. The highest BCUT2D eigenvalue weighted by Gasteiger charge is 2.57. The Morgan fingerprint density at radius 2 is 1.70 bits per heavy atom. The molecule has 1 aliphatic rings. The van der Waals surface area contributed by atoms with Crippen LogP contribution in [0.15, 0.2) is 101 Å². The molecular formula is C29H32N2O6. The number of H-pyrrole nitrogens is 1. The van der Waals surface area contributed by atoms with Gasteiger partial charge in [-0.15, -0.1) is 6.58 Å². The number of benzene rings is 2. The Morgan fingerprint density at radius 1 is 1.08 bits per heavy atom. The first-order chi connectivity index (χ1) is 17.8. The molecule has 37 heavy (non-hydrogen) atoms. The number of nitrogens with one attached hydrogen (secondary N) is 1. The van der Waals surface area contributed by atoms with Gasteiger partial charge in [0.15, 0.2) is 12.3 Å². The molecule has 2 heterocycles. The molecule has 0 aliphatic carbocycles. The SMILES string of the molecule is C=C[C@]1(COCc2ccccc2)O[C@@H](n2cc(C)c(=O)[nH]c2=O)[C@H](OC(=C)C)[C@@H]1OCc1ccccc1. The smallest absolute Gasteiger partial charge is 0.330 e. The Bertz CT molecular complexity index is 1330. The molecule has 4 rings (SSSR count). The zero-order chi connectivity index (χ0) is 26.4. The molecule has 2 aromatic carbocycles. The number of hydrogen-bond donors (Lipinski definition) is 1. The lowest BCUT2D eigenvalue weighted by molar-refractivity contribution is -0.130. The summed E-state index contributed by atoms with van der Waals surface area (Å²) in [6.45, 7) is 12.0. The molecular weight excluding hydrogens is 472 g/mol. The van der Waals surface area contributed by atoms with Gasteiger partial charge < -0.3 is 18.9 Å². The molecule has 1 aromatic heterocycles. The predicted octanol–water partition coefficient (Wildman–Crippen LogP) is 4.02. The average molecular weight is 505 g/mol. The summed E-state index contributed by atoms with van der Waals surface area (Å²) in [5.74, 6) is 0.422. The maximum atomic E-state index is 12.8. The molecule has 1 N–H and O–H groups in total. The molecule has 4 atom stereocenters. The van der Waals surface area contributed by atoms with Crippen molar-refractivity contribution in [2.24, 2.45) is 0 Å². The van der Waals surface area contributed by atoms with Gasteiger partial charge in [-0.1, -0.05) is 73.3 Å². The van der Waals surface area contributed by atoms with E-state index in [4.69, 9.17) is 18.9 Å². The number of rotatable bonds is 11. The minimum atomic E-state index is -1.17. The van der Waals surface area contributed by atoms with Crippen LogP contribution in [0.5, 0.6) is 0 Å². The lowest BCUT2D eigenvalue weighted by Gasteiger charge is -2.32. The highest BCUT2D eigenvalue weighted by atomic mass is 16.6. The summed E-state index contributed by atoms with van der Waals surface area (Å²) in [6, 6.07) is 19.5. The van der Waals surface area contributed by atoms with Crippen LogP contribution in [-0.2, 0) is 32.2 Å². The van der Waals surface area contributed by atoms with Gasteiger partial charge >= 0.3 is 5.69 Å². The maximum absolute atomic E-state index is 12.8. The highest BCUT2D eigenvalue weighted by molar-refractivity contribution is 5.17. The van der Waals surface area contributed by atoms with Crippen molar-refractivity contribution in [3.8, 4) is 0 Å². The lowest BCUT2D eigenvalue weighted by atomic mass is 9.95. The fourth-order valence-corrected chi connectivity index (χ4v) is 4.37. The molecule has 194 valence electrons. The molecule has 1 fully saturated rings. The number of ether oxygens (including phenoxy) is 4. The Kier molecular flexibility index (Phi) is 8.23. The number of hydrogen-bond acceptors (Lipinski definition) is 6. The van der Waals surface area contributed by atoms with Crippen molar-refractivity contribution < 1.29 is 18.9 Å². The molecule has 3 aromatic rings. The van der Waals surface area contributed by atoms with Crippen LogP contribution in [-0.4, -0.2) is 34.0 Å². The lowest BCUT2D eigenvalue weighted by Crippen LogP contribution is -2.47. The molecule has 1 saturated heterocycles. The van der Waals surface area contributed by atoms with Gasteiger partial charge in [0, 0.05) is 11.8 Å². The molecule has 0 bridgehead atoms. The first-order valence-corrected chi connectivity index (χ1v) is 12.1. The molecule has 8 nitrogen and oxygen atoms in total. The Hall–Kier alpha value is -3.72. The second kappa shape index (κ2) is 11.6. The Morgan fingerprint density at radius 3 is 2.30 bits per heavy atom. The van der Waals surface area contributed by atoms with Crippen molar-refractivity contribution in [1.82, 2.24) is 9.55 Å². The Labute approximate surface area is 215 Å². The predicted molar refractivity (Wildman–Crippen MR) is 140 cm³/mol. The van der Waals surface area contributed by atoms with E-state index in [1.54, 1.807) is 19.9 Å². The molecule has 0 radical (unpaired) electrons. The molecule has 0 unspecified atom stereocenters. The van der Waals surface area contributed by atoms with E-state index < -0.39 is 35.3 Å². The van der Waals surface area contributed by atoms with Crippen LogP contribution < -0.4 is 11.2 Å². The molecule has 8 heteroatoms. The van der Waals surface area contributed by atoms with Gasteiger partial charge in [0.05, 0.1) is 25.6 Å². The number of aryl methyl sites for hydroxylation is 1. The quantitative estimate of drug-likeness (QED) is 0.313. The molecule has 0 saturated carbocycles. The topological polar surface area (TPSA) is 91.8 Å². The second-order valence-corrected chi connectivity index (χ2v) is 9.13. The van der Waals surface area contributed by atoms with Crippen molar-refractivity contribution in [3.05, 3.63) is 129 Å². The third kappa shape index (κ3) is 5.99. The van der Waals surface area contributed by atoms with Crippen molar-refractivity contribution in [2.75, 3.05) is 6.61 Å². The minimum absolute atomic E-state index is 0.0918. The average Bonchev–Trinajstić information content (AvgIpc) is 3.18. The van der Waals surface area contributed by atoms with Gasteiger partial charge in [-0.3, -0.25) is 14.3 Å². The van der Waals surface area contributed by atoms with Crippen molar-refractivity contribution in [2.45, 2.75) is 51.1 Å². The van der Waals surface area contributed by atoms with Gasteiger partial charge in [0.25, 0.3) is 5.56 Å². The van der Waals surface area contributed by atoms with Crippen molar-refractivity contribution >= 4 is 0 Å². The first-order valence-electron chi connectivity index (χ1n) is 12.1. The maximum Gasteiger partial charge on any atom is 0.330 e. The molecule has 0 spiro atoms. The van der Waals surface area contributed by atoms with E-state index in [0.717, 1.165) is 11.1 Å². The van der Waals surface area contributed by atoms with Gasteiger partial charge in [-0.05, 0) is 25.0 Å². The van der Waals surface area contributed by atoms with E-state index in [-0.39, 0.29) is 13.2 Å². The first kappa shape index (κ1) is 26.3. The minimum Gasteiger partial charge on any atom is -0.488 e. The standard InChI is InChI=1S/C29H32N2O6/c1-5-29(19-34-17-22-12-8-6-9-13-22)25(35-18-23-14-10-7-11-15-23)24(36-20(2)3)27(37-29)31-16-21(4)26(32)30-28(31)33/h5-16,24-25,27H,1-2,17-19H2,3-4H3,(H,30,32,33)/t24-,25+,27-,29-/m1/s1. The van der Waals surface area contributed by atoms with Gasteiger partial charge in [0.2, 0.25) is 0 Å². The number of allylic oxidation sites excluding steroid dienone is 1. The summed E-state index contributed by atoms with van der Waals surface area (Å²) in [4.78, 5) is 27.2. The summed E-state index contributed by atoms with van der Waals surface area (Å²) in [6.07, 6.45) is 0.633. The van der Waals surface area contributed by atoms with E-state index in [2.05, 4.69) is 18.1 Å². The van der Waals surface area contributed by atoms with Crippen LogP contribution in [0, 0.1) is 6.92 Å². The summed E-state index contributed by atoms with van der Waals surface area (Å²) >= 11 is 0. The zero-order valence-corrected chi connectivity index (χ0v) is 21.1. The summed E-state index contributed by atoms with van der Waals surface area (Å²) in [5, 5.41) is 0. The van der Waals surface area contributed by atoms with Crippen LogP contribution >= 0.6 is 0 Å². The van der Waals surface area contributed by atoms with Gasteiger partial charge in [-0.25, -0.2) is 4.79 Å². The van der Waals surface area contributed by atoms with Crippen LogP contribution in [0.1, 0.15) is 29.8 Å². The van der Waals surface area contributed by atoms with E-state index >= 15 is 0 Å². The van der Waals surface area contributed by atoms with Crippen LogP contribution in [0.3, 0.4) is 0 Å². The number of aromatic nitrogens is 2. The zero-order valence-electron chi connectivity index (χ0n) is 21.1. The van der Waals surface area contributed by atoms with E-state index in [9.17, 15) is 9.59 Å². The molecule has 0 amide bonds. The Balaban J connectivity index is 1.71. The summed E-state index contributed by atoms with van der Waals surface area (Å²) in [5.41, 5.74) is 0.0612. The fraction of sp³-hybridized carbons (Fsp3) is 0.310. The van der Waals surface area contributed by atoms with Gasteiger partial charge in [0.1, 0.15) is 11.7 Å². The third-order valence-corrected chi connectivity index (χ3v) is 6.22. The van der Waals surface area contributed by atoms with Gasteiger partial charge in [-0.2, -0.15) is 0 Å². The normalized spacial score (nSPS) is 23.0. The largest absolute Gasteiger partial charge is 0.488 e. The van der Waals surface area contributed by atoms with Crippen molar-refractivity contribution in [3.63, 3.8) is 0 Å². The number of aromatic amines is 1. The van der Waals surface area contributed by atoms with Crippen LogP contribution in [0.4, 0.5) is 0 Å². The number of nitrogens with zero attached hydrogens (tertiary/aromatic N) is 1. The van der Waals surface area contributed by atoms with E-state index in [1.807, 2.05) is 60.7 Å². The van der Waals surface area contributed by atoms with E-state index in [1.165, 1.54) is 10.8 Å². The second-order valence-electron chi connectivity index (χ2n) is 9.13. The summed E-state index contributed by atoms with van der Waals surface area (Å²) in [7, 11) is 0. The monoisotopic (exact) mass is 504 g/mol. The summed E-state index contributed by atoms with van der Waals surface area (Å²) < 4.78 is 26.5.